The molecule has 0 N–H and O–H groups in total. The van der Waals surface area contributed by atoms with Gasteiger partial charge in [-0.25, -0.2) is 0 Å². The summed E-state index contributed by atoms with van der Waals surface area (Å²) in [5.74, 6) is 0. The maximum atomic E-state index is 5.20. The summed E-state index contributed by atoms with van der Waals surface area (Å²) in [6, 6.07) is 64.0. The zero-order valence-corrected chi connectivity index (χ0v) is 46.9. The molecule has 0 radical (unpaired) electrons. The minimum Gasteiger partial charge on any atom is -0.311 e. The lowest BCUT2D eigenvalue weighted by Gasteiger charge is -2.45. The zero-order chi connectivity index (χ0) is 53.1. The maximum Gasteiger partial charge on any atom is 0.252 e. The van der Waals surface area contributed by atoms with Crippen molar-refractivity contribution < 1.29 is 0 Å². The van der Waals surface area contributed by atoms with Crippen molar-refractivity contribution in [2.75, 3.05) is 14.7 Å². The highest BCUT2D eigenvalue weighted by Crippen LogP contribution is 2.49. The number of hydrogen-bond acceptors (Lipinski definition) is 5. The number of nitrogens with zero attached hydrogens (tertiary/aromatic N) is 6. The standard InChI is InChI=1S/C68H73BN6/c1-64(2,3)44-21-29-49(30-22-44)72(50-31-23-45(24-32-50)65(4,5)6)54-37-38-55-59(41-54)73(51-33-25-46(26-34-51)66(7,8)9)61-39-48(68(13,14)15)40-62-63(61)69(55)56-42-57-58(71-75(70-57)53-19-17-16-18-20-53)43-60(56)74(62)52-35-27-47(28-36-52)67(10,11)12/h16-43H,1-15H3. The summed E-state index contributed by atoms with van der Waals surface area (Å²) in [4.78, 5) is 9.30. The van der Waals surface area contributed by atoms with E-state index in [-0.39, 0.29) is 33.8 Å². The molecule has 7 heteroatoms. The molecule has 8 aromatic carbocycles. The molecule has 0 fully saturated rings. The third-order valence-electron chi connectivity index (χ3n) is 15.6. The number of hydrogen-bond donors (Lipinski definition) is 0. The second-order valence-corrected chi connectivity index (χ2v) is 26.3. The summed E-state index contributed by atoms with van der Waals surface area (Å²) >= 11 is 0. The number of para-hydroxylation sites is 1. The van der Waals surface area contributed by atoms with Crippen LogP contribution in [0.2, 0.25) is 0 Å². The number of benzene rings is 8. The van der Waals surface area contributed by atoms with Crippen molar-refractivity contribution in [3.8, 4) is 5.69 Å². The van der Waals surface area contributed by atoms with Gasteiger partial charge in [0.25, 0.3) is 6.71 Å². The third kappa shape index (κ3) is 9.02. The lowest BCUT2D eigenvalue weighted by Crippen LogP contribution is -2.61. The van der Waals surface area contributed by atoms with E-state index in [1.54, 1.807) is 4.80 Å². The molecule has 11 rings (SSSR count). The summed E-state index contributed by atoms with van der Waals surface area (Å²) in [5.41, 5.74) is 22.9. The fourth-order valence-electron chi connectivity index (χ4n) is 11.1. The van der Waals surface area contributed by atoms with Crippen LogP contribution in [0.1, 0.15) is 132 Å². The van der Waals surface area contributed by atoms with E-state index in [1.165, 1.54) is 55.6 Å². The Bertz CT molecular complexity index is 3540. The first-order valence-electron chi connectivity index (χ1n) is 26.9. The van der Waals surface area contributed by atoms with Gasteiger partial charge in [0, 0.05) is 51.2 Å². The van der Waals surface area contributed by atoms with Crippen LogP contribution in [-0.4, -0.2) is 21.7 Å². The van der Waals surface area contributed by atoms with Gasteiger partial charge in [0.1, 0.15) is 11.0 Å². The van der Waals surface area contributed by atoms with E-state index in [0.29, 0.717) is 0 Å². The van der Waals surface area contributed by atoms with Crippen LogP contribution in [0.5, 0.6) is 0 Å². The van der Waals surface area contributed by atoms with Gasteiger partial charge in [0.15, 0.2) is 0 Å². The van der Waals surface area contributed by atoms with Gasteiger partial charge in [-0.2, -0.15) is 4.80 Å². The molecule has 3 heterocycles. The van der Waals surface area contributed by atoms with Crippen LogP contribution >= 0.6 is 0 Å². The molecule has 0 unspecified atom stereocenters. The van der Waals surface area contributed by atoms with Gasteiger partial charge in [-0.05, 0) is 168 Å². The fraction of sp³-hybridized carbons (Fsp3) is 0.294. The minimum atomic E-state index is -0.176. The van der Waals surface area contributed by atoms with E-state index in [2.05, 4.69) is 270 Å². The van der Waals surface area contributed by atoms with Crippen molar-refractivity contribution in [2.45, 2.75) is 131 Å². The first-order valence-corrected chi connectivity index (χ1v) is 26.9. The number of rotatable bonds is 6. The molecule has 0 saturated heterocycles. The van der Waals surface area contributed by atoms with Gasteiger partial charge >= 0.3 is 0 Å². The Labute approximate surface area is 447 Å². The number of anilines is 9. The first-order chi connectivity index (χ1) is 35.3. The SMILES string of the molecule is CC(C)(C)c1ccc(N(c2ccc(C(C)(C)C)cc2)c2ccc3c(c2)N(c2ccc(C(C)(C)C)cc2)c2cc(C(C)(C)C)cc4c2B3c2cc3nn(-c5ccccc5)nc3cc2N4c2ccc(C(C)(C)C)cc2)cc1. The van der Waals surface area contributed by atoms with Crippen molar-refractivity contribution in [2.24, 2.45) is 0 Å². The summed E-state index contributed by atoms with van der Waals surface area (Å²) in [5, 5.41) is 10.4. The molecule has 378 valence electrons. The van der Waals surface area contributed by atoms with Crippen molar-refractivity contribution in [1.82, 2.24) is 15.0 Å². The van der Waals surface area contributed by atoms with Crippen molar-refractivity contribution in [3.63, 3.8) is 0 Å². The van der Waals surface area contributed by atoms with E-state index >= 15 is 0 Å². The van der Waals surface area contributed by atoms with E-state index in [0.717, 1.165) is 56.5 Å². The normalized spacial score (nSPS) is 13.7. The highest BCUT2D eigenvalue weighted by molar-refractivity contribution is 7.00. The molecule has 9 aromatic rings. The molecule has 2 aliphatic heterocycles. The minimum absolute atomic E-state index is 0.00376. The van der Waals surface area contributed by atoms with Crippen LogP contribution < -0.4 is 31.1 Å². The Kier molecular flexibility index (Phi) is 11.7. The molecule has 1 aromatic heterocycles. The summed E-state index contributed by atoms with van der Waals surface area (Å²) in [6.45, 7) is 34.4. The van der Waals surface area contributed by atoms with Gasteiger partial charge in [-0.15, -0.1) is 10.2 Å². The Morgan fingerprint density at radius 3 is 1.15 bits per heavy atom. The largest absolute Gasteiger partial charge is 0.311 e. The van der Waals surface area contributed by atoms with Gasteiger partial charge in [0.05, 0.1) is 5.69 Å². The van der Waals surface area contributed by atoms with E-state index < -0.39 is 0 Å². The average molecular weight is 985 g/mol. The third-order valence-corrected chi connectivity index (χ3v) is 15.6. The molecule has 6 nitrogen and oxygen atoms in total. The first kappa shape index (κ1) is 49.8. The fourth-order valence-corrected chi connectivity index (χ4v) is 11.1. The van der Waals surface area contributed by atoms with Crippen molar-refractivity contribution in [1.29, 1.82) is 0 Å². The molecule has 0 aliphatic carbocycles. The molecule has 0 spiro atoms. The predicted molar refractivity (Wildman–Crippen MR) is 321 cm³/mol. The molecule has 0 amide bonds. The molecule has 0 atom stereocenters. The Morgan fingerprint density at radius 1 is 0.333 bits per heavy atom. The van der Waals surface area contributed by atoms with Crippen LogP contribution in [0, 0.1) is 0 Å². The van der Waals surface area contributed by atoms with E-state index in [1.807, 2.05) is 18.2 Å². The molecular formula is C68H73BN6. The summed E-state index contributed by atoms with van der Waals surface area (Å²) < 4.78 is 0. The van der Waals surface area contributed by atoms with Crippen LogP contribution in [0.15, 0.2) is 170 Å². The Balaban J connectivity index is 1.21. The quantitative estimate of drug-likeness (QED) is 0.155. The summed E-state index contributed by atoms with van der Waals surface area (Å²) in [7, 11) is 0. The highest BCUT2D eigenvalue weighted by Gasteiger charge is 2.45. The van der Waals surface area contributed by atoms with Crippen LogP contribution in [0.25, 0.3) is 16.7 Å². The molecular weight excluding hydrogens is 912 g/mol. The number of aromatic nitrogens is 3. The van der Waals surface area contributed by atoms with E-state index in [4.69, 9.17) is 10.2 Å². The Hall–Kier alpha value is -7.38. The Morgan fingerprint density at radius 2 is 0.720 bits per heavy atom. The molecule has 75 heavy (non-hydrogen) atoms. The molecule has 2 aliphatic rings. The predicted octanol–water partition coefficient (Wildman–Crippen LogP) is 16.5. The monoisotopic (exact) mass is 985 g/mol. The van der Waals surface area contributed by atoms with Gasteiger partial charge in [0.2, 0.25) is 0 Å². The highest BCUT2D eigenvalue weighted by atomic mass is 15.5. The van der Waals surface area contributed by atoms with Crippen molar-refractivity contribution in [3.05, 3.63) is 198 Å². The smallest absolute Gasteiger partial charge is 0.252 e. The van der Waals surface area contributed by atoms with E-state index in [9.17, 15) is 0 Å². The van der Waals surface area contributed by atoms with Crippen LogP contribution in [0.4, 0.5) is 51.2 Å². The molecule has 0 saturated carbocycles. The van der Waals surface area contributed by atoms with Gasteiger partial charge < -0.3 is 14.7 Å². The zero-order valence-electron chi connectivity index (χ0n) is 46.9. The van der Waals surface area contributed by atoms with Crippen LogP contribution in [-0.2, 0) is 27.1 Å². The number of fused-ring (bicyclic) bond motifs is 5. The average Bonchev–Trinajstić information content (AvgIpc) is 3.82. The van der Waals surface area contributed by atoms with Crippen molar-refractivity contribution >= 4 is 85.3 Å². The second kappa shape index (κ2) is 17.6. The summed E-state index contributed by atoms with van der Waals surface area (Å²) in [6.07, 6.45) is 0. The second-order valence-electron chi connectivity index (χ2n) is 26.3. The topological polar surface area (TPSA) is 40.4 Å². The van der Waals surface area contributed by atoms with Crippen LogP contribution in [0.3, 0.4) is 0 Å². The van der Waals surface area contributed by atoms with Gasteiger partial charge in [-0.1, -0.05) is 177 Å². The lowest BCUT2D eigenvalue weighted by atomic mass is 9.33. The van der Waals surface area contributed by atoms with Gasteiger partial charge in [-0.3, -0.25) is 0 Å². The maximum absolute atomic E-state index is 5.20. The lowest BCUT2D eigenvalue weighted by molar-refractivity contribution is 0.589. The molecule has 0 bridgehead atoms.